The monoisotopic (exact) mass is 602 g/mol. The first-order valence-corrected chi connectivity index (χ1v) is 14.1. The number of anilines is 2. The minimum atomic E-state index is -0.832. The van der Waals surface area contributed by atoms with Crippen molar-refractivity contribution in [2.24, 2.45) is 5.41 Å². The number of hydrogen-bond acceptors (Lipinski definition) is 11. The summed E-state index contributed by atoms with van der Waals surface area (Å²) >= 11 is 13.5. The van der Waals surface area contributed by atoms with Crippen molar-refractivity contribution < 1.29 is 24.1 Å². The molecule has 218 valence electrons. The maximum absolute atomic E-state index is 9.99. The lowest BCUT2D eigenvalue weighted by atomic mass is 9.79. The summed E-state index contributed by atoms with van der Waals surface area (Å²) in [4.78, 5) is 16.7. The molecule has 6 rings (SSSR count). The van der Waals surface area contributed by atoms with Gasteiger partial charge in [-0.3, -0.25) is 5.32 Å². The van der Waals surface area contributed by atoms with E-state index in [-0.39, 0.29) is 17.5 Å². The number of ether oxygens (including phenoxy) is 4. The van der Waals surface area contributed by atoms with Crippen molar-refractivity contribution in [1.82, 2.24) is 20.3 Å². The number of benzene rings is 1. The number of methoxy groups -OCH3 is 2. The molecule has 0 bridgehead atoms. The molecule has 5 heterocycles. The van der Waals surface area contributed by atoms with Gasteiger partial charge in [0.2, 0.25) is 0 Å². The molecule has 3 fully saturated rings. The Morgan fingerprint density at radius 3 is 2.51 bits per heavy atom. The highest BCUT2D eigenvalue weighted by Crippen LogP contribution is 2.47. The Morgan fingerprint density at radius 2 is 1.85 bits per heavy atom. The van der Waals surface area contributed by atoms with E-state index in [2.05, 4.69) is 27.1 Å². The van der Waals surface area contributed by atoms with Crippen LogP contribution in [-0.4, -0.2) is 92.1 Å². The number of rotatable bonds is 9. The maximum atomic E-state index is 9.99. The molecule has 0 radical (unpaired) electrons. The van der Waals surface area contributed by atoms with Gasteiger partial charge in [0.25, 0.3) is 0 Å². The first-order chi connectivity index (χ1) is 19.8. The summed E-state index contributed by atoms with van der Waals surface area (Å²) in [6.07, 6.45) is 3.33. The number of pyridine rings is 1. The Hall–Kier alpha value is -2.93. The number of aliphatic hydroxyl groups excluding tert-OH is 1. The van der Waals surface area contributed by atoms with E-state index < -0.39 is 6.23 Å². The van der Waals surface area contributed by atoms with E-state index in [1.54, 1.807) is 12.3 Å². The Morgan fingerprint density at radius 1 is 1.12 bits per heavy atom. The average Bonchev–Trinajstić information content (AvgIpc) is 3.62. The molecule has 3 aromatic rings. The zero-order valence-corrected chi connectivity index (χ0v) is 24.3. The molecule has 3 aliphatic rings. The SMILES string of the molecule is C=CC(O)N[C@H]1COC[C@H]1Nc1cc2c(N3CC4(CCOC4)C3)nc(-c3c(Cl)c(OC)cc(OC)c3Cl)nc2cn1. The van der Waals surface area contributed by atoms with Gasteiger partial charge in [-0.15, -0.1) is 0 Å². The van der Waals surface area contributed by atoms with Gasteiger partial charge in [0.05, 0.1) is 73.4 Å². The highest BCUT2D eigenvalue weighted by molar-refractivity contribution is 6.41. The van der Waals surface area contributed by atoms with Crippen molar-refractivity contribution in [3.8, 4) is 22.9 Å². The van der Waals surface area contributed by atoms with Gasteiger partial charge in [-0.2, -0.15) is 0 Å². The number of fused-ring (bicyclic) bond motifs is 1. The largest absolute Gasteiger partial charge is 0.495 e. The number of hydrogen-bond donors (Lipinski definition) is 3. The van der Waals surface area contributed by atoms with E-state index in [9.17, 15) is 5.11 Å². The van der Waals surface area contributed by atoms with Crippen LogP contribution in [0.15, 0.2) is 31.0 Å². The Labute approximate surface area is 247 Å². The van der Waals surface area contributed by atoms with Crippen molar-refractivity contribution >= 4 is 45.7 Å². The lowest BCUT2D eigenvalue weighted by Gasteiger charge is -2.48. The van der Waals surface area contributed by atoms with Gasteiger partial charge in [0.1, 0.15) is 29.4 Å². The van der Waals surface area contributed by atoms with Crippen LogP contribution in [0.2, 0.25) is 10.0 Å². The number of aliphatic hydroxyl groups is 1. The van der Waals surface area contributed by atoms with Gasteiger partial charge in [-0.05, 0) is 18.6 Å². The van der Waals surface area contributed by atoms with Crippen LogP contribution in [0.5, 0.6) is 11.5 Å². The van der Waals surface area contributed by atoms with Gasteiger partial charge in [-0.1, -0.05) is 29.8 Å². The lowest BCUT2D eigenvalue weighted by molar-refractivity contribution is 0.131. The molecule has 3 N–H and O–H groups in total. The standard InChI is InChI=1S/C28H32Cl2N6O5/c1-4-22(37)33-18-11-41-10-17(18)32-21-7-15-16(9-31-21)34-26(23-24(29)19(38-2)8-20(39-3)25(23)30)35-27(15)36-12-28(13-36)5-6-40-14-28/h4,7-9,17-18,22,33,37H,1,5-6,10-14H2,2-3H3,(H,31,32)/t17-,18+,22?/m1/s1. The fraction of sp³-hybridized carbons (Fsp3) is 0.464. The second kappa shape index (κ2) is 11.4. The van der Waals surface area contributed by atoms with Gasteiger partial charge < -0.3 is 34.3 Å². The molecule has 2 aromatic heterocycles. The van der Waals surface area contributed by atoms with Gasteiger partial charge in [0, 0.05) is 36.6 Å². The molecule has 13 heteroatoms. The maximum Gasteiger partial charge on any atom is 0.165 e. The van der Waals surface area contributed by atoms with Crippen LogP contribution in [0.25, 0.3) is 22.3 Å². The van der Waals surface area contributed by atoms with Crippen LogP contribution in [0.4, 0.5) is 11.6 Å². The summed E-state index contributed by atoms with van der Waals surface area (Å²) in [6.45, 7) is 7.69. The van der Waals surface area contributed by atoms with Crippen LogP contribution < -0.4 is 25.0 Å². The van der Waals surface area contributed by atoms with E-state index in [1.165, 1.54) is 20.3 Å². The topological polar surface area (TPSA) is 123 Å². The number of halogens is 2. The van der Waals surface area contributed by atoms with Crippen LogP contribution in [-0.2, 0) is 9.47 Å². The second-order valence-electron chi connectivity index (χ2n) is 10.6. The Bertz CT molecular complexity index is 1430. The molecular formula is C28H32Cl2N6O5. The van der Waals surface area contributed by atoms with Crippen molar-refractivity contribution in [3.05, 3.63) is 41.0 Å². The van der Waals surface area contributed by atoms with Gasteiger partial charge in [0.15, 0.2) is 5.82 Å². The summed E-state index contributed by atoms with van der Waals surface area (Å²) in [5.74, 6) is 2.55. The molecule has 3 saturated heterocycles. The molecule has 1 unspecified atom stereocenters. The quantitative estimate of drug-likeness (QED) is 0.246. The zero-order chi connectivity index (χ0) is 28.7. The molecule has 1 aromatic carbocycles. The first kappa shape index (κ1) is 28.2. The molecule has 41 heavy (non-hydrogen) atoms. The zero-order valence-electron chi connectivity index (χ0n) is 22.8. The molecule has 0 aliphatic carbocycles. The molecule has 1 spiro atoms. The average molecular weight is 604 g/mol. The normalized spacial score (nSPS) is 22.1. The highest BCUT2D eigenvalue weighted by atomic mass is 35.5. The molecule has 3 atom stereocenters. The van der Waals surface area contributed by atoms with Crippen LogP contribution >= 0.6 is 23.2 Å². The molecular weight excluding hydrogens is 571 g/mol. The van der Waals surface area contributed by atoms with Crippen LogP contribution in [0.3, 0.4) is 0 Å². The fourth-order valence-electron chi connectivity index (χ4n) is 5.68. The molecule has 3 aliphatic heterocycles. The first-order valence-electron chi connectivity index (χ1n) is 13.4. The number of nitrogens with one attached hydrogen (secondary N) is 2. The smallest absolute Gasteiger partial charge is 0.165 e. The minimum absolute atomic E-state index is 0.108. The van der Waals surface area contributed by atoms with Crippen LogP contribution in [0.1, 0.15) is 6.42 Å². The van der Waals surface area contributed by atoms with Crippen molar-refractivity contribution in [1.29, 1.82) is 0 Å². The lowest BCUT2D eigenvalue weighted by Crippen LogP contribution is -2.57. The van der Waals surface area contributed by atoms with Crippen molar-refractivity contribution in [2.45, 2.75) is 24.7 Å². The Kier molecular flexibility index (Phi) is 7.84. The molecule has 0 amide bonds. The van der Waals surface area contributed by atoms with E-state index >= 15 is 0 Å². The predicted molar refractivity (Wildman–Crippen MR) is 157 cm³/mol. The van der Waals surface area contributed by atoms with Crippen molar-refractivity contribution in [2.75, 3.05) is 64.0 Å². The fourth-order valence-corrected chi connectivity index (χ4v) is 6.35. The van der Waals surface area contributed by atoms with Gasteiger partial charge in [-0.25, -0.2) is 15.0 Å². The van der Waals surface area contributed by atoms with Gasteiger partial charge >= 0.3 is 0 Å². The second-order valence-corrected chi connectivity index (χ2v) is 11.4. The molecule has 0 saturated carbocycles. The van der Waals surface area contributed by atoms with E-state index in [1.807, 2.05) is 6.07 Å². The summed E-state index contributed by atoms with van der Waals surface area (Å²) in [7, 11) is 3.06. The van der Waals surface area contributed by atoms with E-state index in [0.29, 0.717) is 57.5 Å². The summed E-state index contributed by atoms with van der Waals surface area (Å²) in [6, 6.07) is 3.35. The van der Waals surface area contributed by atoms with Crippen molar-refractivity contribution in [3.63, 3.8) is 0 Å². The number of nitrogens with zero attached hydrogens (tertiary/aromatic N) is 4. The summed E-state index contributed by atoms with van der Waals surface area (Å²) in [5.41, 5.74) is 1.19. The minimum Gasteiger partial charge on any atom is -0.495 e. The summed E-state index contributed by atoms with van der Waals surface area (Å²) in [5, 5.41) is 18.0. The third-order valence-corrected chi connectivity index (χ3v) is 8.67. The Balaban J connectivity index is 1.41. The highest BCUT2D eigenvalue weighted by Gasteiger charge is 2.47. The van der Waals surface area contributed by atoms with Crippen LogP contribution in [0, 0.1) is 5.41 Å². The van der Waals surface area contributed by atoms with E-state index in [4.69, 9.17) is 52.1 Å². The predicted octanol–water partition coefficient (Wildman–Crippen LogP) is 3.52. The molecule has 11 nitrogen and oxygen atoms in total. The summed E-state index contributed by atoms with van der Waals surface area (Å²) < 4.78 is 22.3. The third kappa shape index (κ3) is 5.26. The van der Waals surface area contributed by atoms with E-state index in [0.717, 1.165) is 43.9 Å². The number of aromatic nitrogens is 3. The third-order valence-electron chi connectivity index (χ3n) is 7.92.